The van der Waals surface area contributed by atoms with Gasteiger partial charge >= 0.3 is 0 Å². The zero-order chi connectivity index (χ0) is 22.0. The molecule has 3 aromatic heterocycles. The largest absolute Gasteiger partial charge is 0.435 e. The summed E-state index contributed by atoms with van der Waals surface area (Å²) in [5, 5.41) is 6.73. The highest BCUT2D eigenvalue weighted by Gasteiger charge is 2.15. The summed E-state index contributed by atoms with van der Waals surface area (Å²) >= 11 is 3.34. The van der Waals surface area contributed by atoms with Gasteiger partial charge in [0.05, 0.1) is 6.42 Å². The van der Waals surface area contributed by atoms with Crippen LogP contribution in [0.5, 0.6) is 11.6 Å². The summed E-state index contributed by atoms with van der Waals surface area (Å²) in [5.41, 5.74) is 6.26. The molecule has 4 aromatic rings. The highest BCUT2D eigenvalue weighted by molar-refractivity contribution is 9.10. The van der Waals surface area contributed by atoms with Gasteiger partial charge in [-0.2, -0.15) is 4.98 Å². The number of pyridine rings is 2. The number of amides is 2. The minimum absolute atomic E-state index is 0.0253. The first kappa shape index (κ1) is 20.4. The lowest BCUT2D eigenvalue weighted by molar-refractivity contribution is -0.115. The molecule has 0 aliphatic carbocycles. The number of fused-ring (bicyclic) bond motifs is 1. The molecular weight excluding hydrogens is 471 g/mol. The van der Waals surface area contributed by atoms with Crippen LogP contribution in [-0.4, -0.2) is 31.4 Å². The maximum absolute atomic E-state index is 14.5. The maximum atomic E-state index is 14.5. The van der Waals surface area contributed by atoms with E-state index >= 15 is 0 Å². The standard InChI is InChI=1S/C20H14BrFN6O3/c21-12-5-7-28-16(10-12)25-20(27-28)26-17(29)9-11-3-4-15(14(22)8-11)31-19-13(18(23)30)2-1-6-24-19/h1-8,10H,9H2,(H2,23,30)(H,26,27,29). The Morgan fingerprint density at radius 1 is 1.23 bits per heavy atom. The fraction of sp³-hybridized carbons (Fsp3) is 0.0500. The van der Waals surface area contributed by atoms with Crippen molar-refractivity contribution in [2.24, 2.45) is 5.73 Å². The molecule has 31 heavy (non-hydrogen) atoms. The van der Waals surface area contributed by atoms with Crippen LogP contribution in [0.15, 0.2) is 59.3 Å². The molecule has 0 radical (unpaired) electrons. The highest BCUT2D eigenvalue weighted by Crippen LogP contribution is 2.26. The Morgan fingerprint density at radius 3 is 2.84 bits per heavy atom. The van der Waals surface area contributed by atoms with Gasteiger partial charge in [0, 0.05) is 16.9 Å². The lowest BCUT2D eigenvalue weighted by atomic mass is 10.1. The number of rotatable bonds is 6. The Balaban J connectivity index is 1.45. The van der Waals surface area contributed by atoms with Crippen LogP contribution < -0.4 is 15.8 Å². The second kappa shape index (κ2) is 8.48. The summed E-state index contributed by atoms with van der Waals surface area (Å²) in [6, 6.07) is 10.5. The number of aromatic nitrogens is 4. The molecule has 11 heteroatoms. The predicted octanol–water partition coefficient (Wildman–Crippen LogP) is 3.10. The molecule has 0 aliphatic rings. The molecule has 2 amide bonds. The van der Waals surface area contributed by atoms with E-state index in [1.54, 1.807) is 18.3 Å². The average Bonchev–Trinajstić information content (AvgIpc) is 3.11. The Morgan fingerprint density at radius 2 is 2.06 bits per heavy atom. The molecule has 3 heterocycles. The van der Waals surface area contributed by atoms with Crippen LogP contribution in [0.2, 0.25) is 0 Å². The van der Waals surface area contributed by atoms with Crippen LogP contribution in [0.25, 0.3) is 5.65 Å². The molecule has 0 saturated carbocycles. The lowest BCUT2D eigenvalue weighted by Crippen LogP contribution is -2.15. The van der Waals surface area contributed by atoms with Gasteiger partial charge < -0.3 is 10.5 Å². The van der Waals surface area contributed by atoms with E-state index in [9.17, 15) is 14.0 Å². The zero-order valence-corrected chi connectivity index (χ0v) is 17.3. The minimum atomic E-state index is -0.746. The Hall–Kier alpha value is -3.86. The summed E-state index contributed by atoms with van der Waals surface area (Å²) < 4.78 is 22.2. The second-order valence-corrected chi connectivity index (χ2v) is 7.31. The summed E-state index contributed by atoms with van der Waals surface area (Å²) in [6.45, 7) is 0. The van der Waals surface area contributed by atoms with E-state index < -0.39 is 17.6 Å². The number of ether oxygens (including phenoxy) is 1. The van der Waals surface area contributed by atoms with Gasteiger partial charge in [-0.3, -0.25) is 14.9 Å². The van der Waals surface area contributed by atoms with Crippen molar-refractivity contribution in [3.05, 3.63) is 76.3 Å². The highest BCUT2D eigenvalue weighted by atomic mass is 79.9. The van der Waals surface area contributed by atoms with E-state index in [2.05, 4.69) is 36.3 Å². The molecule has 0 unspecified atom stereocenters. The van der Waals surface area contributed by atoms with Crippen LogP contribution in [-0.2, 0) is 11.2 Å². The van der Waals surface area contributed by atoms with E-state index in [4.69, 9.17) is 10.5 Å². The van der Waals surface area contributed by atoms with Crippen molar-refractivity contribution >= 4 is 39.3 Å². The molecule has 9 nitrogen and oxygen atoms in total. The van der Waals surface area contributed by atoms with Gasteiger partial charge in [0.1, 0.15) is 5.56 Å². The van der Waals surface area contributed by atoms with Gasteiger partial charge in [-0.25, -0.2) is 13.9 Å². The number of primary amides is 1. The summed E-state index contributed by atoms with van der Waals surface area (Å²) in [4.78, 5) is 31.9. The number of carbonyl (C=O) groups excluding carboxylic acids is 2. The predicted molar refractivity (Wildman–Crippen MR) is 112 cm³/mol. The van der Waals surface area contributed by atoms with Crippen molar-refractivity contribution in [3.8, 4) is 11.6 Å². The second-order valence-electron chi connectivity index (χ2n) is 6.40. The molecule has 0 spiro atoms. The Bertz CT molecular complexity index is 1310. The van der Waals surface area contributed by atoms with Crippen molar-refractivity contribution in [2.45, 2.75) is 6.42 Å². The third-order valence-electron chi connectivity index (χ3n) is 4.16. The molecule has 0 atom stereocenters. The third kappa shape index (κ3) is 4.67. The van der Waals surface area contributed by atoms with Gasteiger partial charge in [-0.05, 0) is 42.0 Å². The summed E-state index contributed by atoms with van der Waals surface area (Å²) in [7, 11) is 0. The van der Waals surface area contributed by atoms with Crippen molar-refractivity contribution in [2.75, 3.05) is 5.32 Å². The Labute approximate surface area is 183 Å². The zero-order valence-electron chi connectivity index (χ0n) is 15.8. The fourth-order valence-electron chi connectivity index (χ4n) is 2.76. The van der Waals surface area contributed by atoms with E-state index in [-0.39, 0.29) is 29.6 Å². The molecular formula is C20H14BrFN6O3. The topological polar surface area (TPSA) is 124 Å². The molecule has 1 aromatic carbocycles. The first-order valence-corrected chi connectivity index (χ1v) is 9.71. The fourth-order valence-corrected chi connectivity index (χ4v) is 3.09. The number of anilines is 1. The maximum Gasteiger partial charge on any atom is 0.254 e. The smallest absolute Gasteiger partial charge is 0.254 e. The minimum Gasteiger partial charge on any atom is -0.435 e. The lowest BCUT2D eigenvalue weighted by Gasteiger charge is -2.09. The molecule has 0 bridgehead atoms. The molecule has 156 valence electrons. The number of benzene rings is 1. The van der Waals surface area contributed by atoms with Gasteiger partial charge in [-0.1, -0.05) is 22.0 Å². The first-order valence-electron chi connectivity index (χ1n) is 8.92. The van der Waals surface area contributed by atoms with Crippen molar-refractivity contribution in [1.82, 2.24) is 19.6 Å². The number of hydrogen-bond donors (Lipinski definition) is 2. The summed E-state index contributed by atoms with van der Waals surface area (Å²) in [5.74, 6) is -2.00. The van der Waals surface area contributed by atoms with Gasteiger partial charge in [0.25, 0.3) is 5.91 Å². The number of nitrogens with one attached hydrogen (secondary N) is 1. The quantitative estimate of drug-likeness (QED) is 0.433. The number of carbonyl (C=O) groups is 2. The third-order valence-corrected chi connectivity index (χ3v) is 4.65. The van der Waals surface area contributed by atoms with Crippen molar-refractivity contribution < 1.29 is 18.7 Å². The van der Waals surface area contributed by atoms with Gasteiger partial charge in [0.2, 0.25) is 17.7 Å². The SMILES string of the molecule is NC(=O)c1cccnc1Oc1ccc(CC(=O)Nc2nc3cc(Br)ccn3n2)cc1F. The van der Waals surface area contributed by atoms with Crippen LogP contribution >= 0.6 is 15.9 Å². The summed E-state index contributed by atoms with van der Waals surface area (Å²) in [6.07, 6.45) is 2.98. The van der Waals surface area contributed by atoms with E-state index in [0.29, 0.717) is 11.2 Å². The van der Waals surface area contributed by atoms with Crippen molar-refractivity contribution in [3.63, 3.8) is 0 Å². The van der Waals surface area contributed by atoms with E-state index in [1.807, 2.05) is 0 Å². The molecule has 4 rings (SSSR count). The molecule has 0 saturated heterocycles. The van der Waals surface area contributed by atoms with Crippen LogP contribution in [0.1, 0.15) is 15.9 Å². The Kier molecular flexibility index (Phi) is 5.58. The van der Waals surface area contributed by atoms with Crippen molar-refractivity contribution in [1.29, 1.82) is 0 Å². The molecule has 0 fully saturated rings. The number of hydrogen-bond acceptors (Lipinski definition) is 6. The van der Waals surface area contributed by atoms with Gasteiger partial charge in [-0.15, -0.1) is 5.10 Å². The average molecular weight is 485 g/mol. The monoisotopic (exact) mass is 484 g/mol. The normalized spacial score (nSPS) is 10.8. The van der Waals surface area contributed by atoms with E-state index in [1.165, 1.54) is 35.0 Å². The first-order chi connectivity index (χ1) is 14.9. The molecule has 0 aliphatic heterocycles. The van der Waals surface area contributed by atoms with Crippen LogP contribution in [0, 0.1) is 5.82 Å². The van der Waals surface area contributed by atoms with Crippen LogP contribution in [0.3, 0.4) is 0 Å². The number of halogens is 2. The van der Waals surface area contributed by atoms with Crippen LogP contribution in [0.4, 0.5) is 10.3 Å². The molecule has 3 N–H and O–H groups in total. The number of nitrogens with two attached hydrogens (primary N) is 1. The van der Waals surface area contributed by atoms with E-state index in [0.717, 1.165) is 10.5 Å². The number of nitrogens with zero attached hydrogens (tertiary/aromatic N) is 4. The van der Waals surface area contributed by atoms with Gasteiger partial charge in [0.15, 0.2) is 17.2 Å².